The molecule has 0 saturated carbocycles. The van der Waals surface area contributed by atoms with Gasteiger partial charge in [-0.15, -0.1) is 0 Å². The standard InChI is InChI=1S/C36H39Cl3N4O4/c1-7-25(26-16-15-24(37)21-28(26)38)32(34-33(39)27-11-8-9-12-29(27)41-34)23-14-17-30(40-22-23)46-20-19-43(35(45)47-36(2,3)4)18-10-13-31(44)42(5)6/h8-17,21-22,41H,7,18-20H2,1-6H3/b13-10+,32-25+. The number of likely N-dealkylation sites (N-methyl/N-ethyl adjacent to an activating group) is 1. The zero-order chi connectivity index (χ0) is 34.3. The number of nitrogens with one attached hydrogen (secondary N) is 1. The lowest BCUT2D eigenvalue weighted by atomic mass is 9.91. The van der Waals surface area contributed by atoms with E-state index in [9.17, 15) is 9.59 Å². The van der Waals surface area contributed by atoms with E-state index in [1.165, 1.54) is 15.9 Å². The van der Waals surface area contributed by atoms with Crippen LogP contribution in [-0.4, -0.2) is 71.2 Å². The van der Waals surface area contributed by atoms with Gasteiger partial charge in [-0.25, -0.2) is 9.78 Å². The largest absolute Gasteiger partial charge is 0.476 e. The Bertz CT molecular complexity index is 1790. The fraction of sp³-hybridized carbons (Fsp3) is 0.306. The van der Waals surface area contributed by atoms with Crippen molar-refractivity contribution in [1.29, 1.82) is 0 Å². The molecule has 0 radical (unpaired) electrons. The number of aromatic amines is 1. The predicted molar refractivity (Wildman–Crippen MR) is 191 cm³/mol. The number of hydrogen-bond donors (Lipinski definition) is 1. The van der Waals surface area contributed by atoms with Crippen molar-refractivity contribution in [3.8, 4) is 5.88 Å². The van der Waals surface area contributed by atoms with Crippen LogP contribution in [0.15, 0.2) is 72.9 Å². The molecule has 0 aliphatic heterocycles. The first-order valence-corrected chi connectivity index (χ1v) is 16.3. The lowest BCUT2D eigenvalue weighted by Gasteiger charge is -2.26. The Labute approximate surface area is 290 Å². The molecule has 0 fully saturated rings. The van der Waals surface area contributed by atoms with E-state index in [0.29, 0.717) is 27.4 Å². The summed E-state index contributed by atoms with van der Waals surface area (Å²) in [5.74, 6) is 0.197. The predicted octanol–water partition coefficient (Wildman–Crippen LogP) is 9.15. The molecule has 0 atom stereocenters. The van der Waals surface area contributed by atoms with Gasteiger partial charge in [-0.1, -0.05) is 72.1 Å². The fourth-order valence-corrected chi connectivity index (χ4v) is 5.70. The van der Waals surface area contributed by atoms with Crippen molar-refractivity contribution < 1.29 is 19.1 Å². The number of pyridine rings is 1. The molecule has 4 aromatic rings. The number of ether oxygens (including phenoxy) is 2. The van der Waals surface area contributed by atoms with Crippen LogP contribution in [0.2, 0.25) is 15.1 Å². The third kappa shape index (κ3) is 9.31. The van der Waals surface area contributed by atoms with Gasteiger partial charge >= 0.3 is 6.09 Å². The van der Waals surface area contributed by atoms with Crippen LogP contribution in [0.4, 0.5) is 4.79 Å². The second-order valence-corrected chi connectivity index (χ2v) is 13.2. The van der Waals surface area contributed by atoms with Crippen molar-refractivity contribution in [3.05, 3.63) is 105 Å². The minimum absolute atomic E-state index is 0.151. The molecule has 47 heavy (non-hydrogen) atoms. The smallest absolute Gasteiger partial charge is 0.410 e. The molecule has 0 aliphatic rings. The van der Waals surface area contributed by atoms with E-state index in [1.54, 1.807) is 59.3 Å². The first-order valence-electron chi connectivity index (χ1n) is 15.2. The number of carbonyl (C=O) groups excluding carboxylic acids is 2. The van der Waals surface area contributed by atoms with Gasteiger partial charge in [0.25, 0.3) is 0 Å². The lowest BCUT2D eigenvalue weighted by Crippen LogP contribution is -2.39. The van der Waals surface area contributed by atoms with Gasteiger partial charge in [-0.05, 0) is 62.6 Å². The van der Waals surface area contributed by atoms with Crippen LogP contribution in [-0.2, 0) is 9.53 Å². The molecule has 2 aromatic heterocycles. The highest BCUT2D eigenvalue weighted by atomic mass is 35.5. The summed E-state index contributed by atoms with van der Waals surface area (Å²) in [6.45, 7) is 8.00. The van der Waals surface area contributed by atoms with E-state index in [0.717, 1.165) is 38.9 Å². The van der Waals surface area contributed by atoms with Gasteiger partial charge in [0.1, 0.15) is 12.2 Å². The maximum Gasteiger partial charge on any atom is 0.410 e. The monoisotopic (exact) mass is 696 g/mol. The first kappa shape index (κ1) is 35.9. The Morgan fingerprint density at radius 1 is 1.02 bits per heavy atom. The maximum absolute atomic E-state index is 12.9. The molecule has 0 unspecified atom stereocenters. The summed E-state index contributed by atoms with van der Waals surface area (Å²) in [5.41, 5.74) is 4.44. The third-order valence-electron chi connectivity index (χ3n) is 7.12. The van der Waals surface area contributed by atoms with Gasteiger partial charge in [-0.3, -0.25) is 4.79 Å². The van der Waals surface area contributed by atoms with E-state index in [2.05, 4.69) is 16.9 Å². The summed E-state index contributed by atoms with van der Waals surface area (Å²) >= 11 is 19.9. The molecule has 0 spiro atoms. The molecular formula is C36H39Cl3N4O4. The SMILES string of the molecule is CC/C(=C(/c1ccc(OCCN(C/C=C/C(=O)N(C)C)C(=O)OC(C)(C)C)nc1)c1[nH]c2ccccc2c1Cl)c1ccc(Cl)cc1Cl. The number of fused-ring (bicyclic) bond motifs is 1. The highest BCUT2D eigenvalue weighted by Gasteiger charge is 2.23. The van der Waals surface area contributed by atoms with Crippen molar-refractivity contribution in [1.82, 2.24) is 19.8 Å². The van der Waals surface area contributed by atoms with Gasteiger partial charge in [-0.2, -0.15) is 0 Å². The second kappa shape index (κ2) is 15.7. The van der Waals surface area contributed by atoms with E-state index in [1.807, 2.05) is 42.5 Å². The van der Waals surface area contributed by atoms with Crippen LogP contribution in [0.5, 0.6) is 5.88 Å². The number of halogens is 3. The van der Waals surface area contributed by atoms with Crippen molar-refractivity contribution >= 4 is 68.9 Å². The molecular weight excluding hydrogens is 659 g/mol. The highest BCUT2D eigenvalue weighted by molar-refractivity contribution is 6.38. The van der Waals surface area contributed by atoms with E-state index in [-0.39, 0.29) is 25.6 Å². The Balaban J connectivity index is 1.62. The summed E-state index contributed by atoms with van der Waals surface area (Å²) in [4.78, 5) is 35.9. The summed E-state index contributed by atoms with van der Waals surface area (Å²) in [6.07, 6.45) is 4.92. The topological polar surface area (TPSA) is 87.8 Å². The van der Waals surface area contributed by atoms with Gasteiger partial charge in [0.2, 0.25) is 11.8 Å². The molecule has 1 N–H and O–H groups in total. The van der Waals surface area contributed by atoms with E-state index in [4.69, 9.17) is 44.3 Å². The van der Waals surface area contributed by atoms with Gasteiger partial charge in [0, 0.05) is 71.1 Å². The summed E-state index contributed by atoms with van der Waals surface area (Å²) in [7, 11) is 3.32. The molecule has 0 bridgehead atoms. The Morgan fingerprint density at radius 2 is 1.77 bits per heavy atom. The molecule has 2 amide bonds. The Kier molecular flexibility index (Phi) is 12.0. The van der Waals surface area contributed by atoms with Crippen LogP contribution in [0, 0.1) is 0 Å². The number of hydrogen-bond acceptors (Lipinski definition) is 5. The summed E-state index contributed by atoms with van der Waals surface area (Å²) < 4.78 is 11.5. The zero-order valence-corrected chi connectivity index (χ0v) is 29.6. The molecule has 248 valence electrons. The maximum atomic E-state index is 12.9. The molecule has 8 nitrogen and oxygen atoms in total. The minimum atomic E-state index is -0.677. The van der Waals surface area contributed by atoms with Crippen LogP contribution in [0.3, 0.4) is 0 Å². The first-order chi connectivity index (χ1) is 22.3. The van der Waals surface area contributed by atoms with E-state index < -0.39 is 11.7 Å². The molecule has 11 heteroatoms. The zero-order valence-electron chi connectivity index (χ0n) is 27.4. The number of benzene rings is 2. The number of H-pyrrole nitrogens is 1. The quantitative estimate of drug-likeness (QED) is 0.158. The molecule has 0 aliphatic carbocycles. The van der Waals surface area contributed by atoms with Crippen molar-refractivity contribution in [2.24, 2.45) is 0 Å². The Morgan fingerprint density at radius 3 is 2.38 bits per heavy atom. The normalized spacial score (nSPS) is 12.3. The second-order valence-electron chi connectivity index (χ2n) is 12.0. The lowest BCUT2D eigenvalue weighted by molar-refractivity contribution is -0.123. The van der Waals surface area contributed by atoms with Crippen LogP contribution < -0.4 is 4.74 Å². The summed E-state index contributed by atoms with van der Waals surface area (Å²) in [6, 6.07) is 17.0. The molecule has 0 saturated heterocycles. The van der Waals surface area contributed by atoms with Gasteiger partial charge in [0.15, 0.2) is 0 Å². The van der Waals surface area contributed by atoms with Crippen molar-refractivity contribution in [2.45, 2.75) is 39.7 Å². The fourth-order valence-electron chi connectivity index (χ4n) is 4.87. The van der Waals surface area contributed by atoms with Crippen LogP contribution in [0.25, 0.3) is 22.0 Å². The number of para-hydroxylation sites is 1. The van der Waals surface area contributed by atoms with Crippen LogP contribution in [0.1, 0.15) is 50.9 Å². The van der Waals surface area contributed by atoms with Crippen molar-refractivity contribution in [3.63, 3.8) is 0 Å². The average molecular weight is 698 g/mol. The number of allylic oxidation sites excluding steroid dienone is 1. The number of amides is 2. The van der Waals surface area contributed by atoms with E-state index >= 15 is 0 Å². The molecule has 2 aromatic carbocycles. The van der Waals surface area contributed by atoms with Crippen LogP contribution >= 0.6 is 34.8 Å². The number of rotatable bonds is 11. The number of nitrogens with zero attached hydrogens (tertiary/aromatic N) is 3. The highest BCUT2D eigenvalue weighted by Crippen LogP contribution is 2.42. The van der Waals surface area contributed by atoms with Crippen molar-refractivity contribution in [2.75, 3.05) is 33.8 Å². The van der Waals surface area contributed by atoms with Gasteiger partial charge < -0.3 is 24.3 Å². The summed E-state index contributed by atoms with van der Waals surface area (Å²) in [5, 5.41) is 2.58. The third-order valence-corrected chi connectivity index (χ3v) is 8.06. The Hall–Kier alpha value is -3.98. The minimum Gasteiger partial charge on any atom is -0.476 e. The number of carbonyl (C=O) groups is 2. The number of aromatic nitrogens is 2. The molecule has 4 rings (SSSR count). The van der Waals surface area contributed by atoms with Gasteiger partial charge in [0.05, 0.1) is 17.3 Å². The average Bonchev–Trinajstić information content (AvgIpc) is 3.34. The molecule has 2 heterocycles.